The van der Waals surface area contributed by atoms with Gasteiger partial charge < -0.3 is 30.2 Å². The smallest absolute Gasteiger partial charge is 0.408 e. The van der Waals surface area contributed by atoms with Gasteiger partial charge in [-0.1, -0.05) is 87.6 Å². The van der Waals surface area contributed by atoms with E-state index in [0.29, 0.717) is 36.0 Å². The Morgan fingerprint density at radius 2 is 1.83 bits per heavy atom. The Kier molecular flexibility index (Phi) is 11.3. The first-order valence-corrected chi connectivity index (χ1v) is 17.8. The second-order valence-electron chi connectivity index (χ2n) is 12.7. The van der Waals surface area contributed by atoms with Crippen LogP contribution in [0, 0.1) is 22.3 Å². The average Bonchev–Trinajstić information content (AvgIpc) is 3.67. The molecule has 0 radical (unpaired) electrons. The summed E-state index contributed by atoms with van der Waals surface area (Å²) in [4.78, 5) is 49.8. The molecule has 13 heteroatoms. The van der Waals surface area contributed by atoms with Crippen molar-refractivity contribution in [2.24, 2.45) is 11.8 Å². The second-order valence-corrected chi connectivity index (χ2v) is 14.3. The highest BCUT2D eigenvalue weighted by Gasteiger charge is 2.47. The predicted octanol–water partition coefficient (Wildman–Crippen LogP) is 6.71. The summed E-state index contributed by atoms with van der Waals surface area (Å²) in [6, 6.07) is 11.6. The number of carbonyl (C=O) groups excluding carboxylic acids is 3. The summed E-state index contributed by atoms with van der Waals surface area (Å²) in [6.45, 7) is 9.63. The van der Waals surface area contributed by atoms with Crippen molar-refractivity contribution in [2.75, 3.05) is 0 Å². The lowest BCUT2D eigenvalue weighted by Crippen LogP contribution is -2.65. The summed E-state index contributed by atoms with van der Waals surface area (Å²) in [7, 11) is 0. The van der Waals surface area contributed by atoms with Gasteiger partial charge in [-0.2, -0.15) is 4.98 Å². The Balaban J connectivity index is 1.47. The molecule has 1 aliphatic rings. The topological polar surface area (TPSA) is 151 Å². The summed E-state index contributed by atoms with van der Waals surface area (Å²) < 4.78 is 11.9. The molecule has 3 amide bonds. The lowest BCUT2D eigenvalue weighted by Gasteiger charge is -2.39. The number of alkyl carbamates (subject to hydrolysis) is 1. The first-order valence-electron chi connectivity index (χ1n) is 16.3. The number of aryl methyl sites for hydroxylation is 2. The quantitative estimate of drug-likeness (QED) is 0.117. The molecular weight excluding hydrogens is 747 g/mol. The van der Waals surface area contributed by atoms with E-state index >= 15 is 0 Å². The van der Waals surface area contributed by atoms with Crippen molar-refractivity contribution in [1.82, 2.24) is 31.1 Å². The van der Waals surface area contributed by atoms with Crippen molar-refractivity contribution in [3.05, 3.63) is 79.6 Å². The number of aromatic amines is 1. The minimum atomic E-state index is -1.37. The van der Waals surface area contributed by atoms with Crippen LogP contribution in [0.5, 0.6) is 0 Å². The number of ether oxygens (including phenoxy) is 1. The molecular formula is C35H42ClIN6O5. The van der Waals surface area contributed by atoms with Crippen LogP contribution in [-0.4, -0.2) is 44.6 Å². The Bertz CT molecular complexity index is 1780. The number of benzene rings is 2. The monoisotopic (exact) mass is 788 g/mol. The maximum Gasteiger partial charge on any atom is 0.408 e. The van der Waals surface area contributed by atoms with Crippen LogP contribution in [0.4, 0.5) is 4.79 Å². The van der Waals surface area contributed by atoms with Crippen molar-refractivity contribution in [3.63, 3.8) is 0 Å². The number of amides is 3. The van der Waals surface area contributed by atoms with Crippen molar-refractivity contribution in [3.8, 4) is 0 Å². The van der Waals surface area contributed by atoms with Crippen molar-refractivity contribution < 1.29 is 23.6 Å². The molecule has 2 aromatic heterocycles. The van der Waals surface area contributed by atoms with Gasteiger partial charge in [-0.25, -0.2) is 4.79 Å². The van der Waals surface area contributed by atoms with Crippen molar-refractivity contribution in [1.29, 1.82) is 0 Å². The third kappa shape index (κ3) is 7.80. The number of aromatic nitrogens is 3. The molecule has 2 aromatic carbocycles. The number of hydrogen-bond donors (Lipinski definition) is 4. The SMILES string of the molecule is CCC(C)[C@H](NC(=O)OCc1ccccc1)C(=O)N[C@@]1(C(=O)N[C@H](c2nc(C)no2)C(C)CC)CCc2[nH]c3c(I)cc(Cl)cc3c2C1. The fourth-order valence-corrected chi connectivity index (χ4v) is 7.30. The van der Waals surface area contributed by atoms with E-state index in [-0.39, 0.29) is 30.8 Å². The van der Waals surface area contributed by atoms with Crippen molar-refractivity contribution in [2.45, 2.75) is 91.0 Å². The first kappa shape index (κ1) is 35.7. The number of fused-ring (bicyclic) bond motifs is 3. The highest BCUT2D eigenvalue weighted by Crippen LogP contribution is 2.38. The first-order chi connectivity index (χ1) is 22.9. The number of nitrogens with zero attached hydrogens (tertiary/aromatic N) is 2. The molecule has 48 heavy (non-hydrogen) atoms. The van der Waals surface area contributed by atoms with Gasteiger partial charge in [-0.05, 0) is 77.5 Å². The molecule has 4 aromatic rings. The molecule has 2 unspecified atom stereocenters. The second kappa shape index (κ2) is 15.3. The summed E-state index contributed by atoms with van der Waals surface area (Å²) in [6.07, 6.45) is 1.65. The van der Waals surface area contributed by atoms with E-state index in [4.69, 9.17) is 20.9 Å². The van der Waals surface area contributed by atoms with E-state index in [2.05, 4.69) is 53.7 Å². The number of H-pyrrole nitrogens is 1. The number of nitrogens with one attached hydrogen (secondary N) is 4. The molecule has 5 atom stereocenters. The lowest BCUT2D eigenvalue weighted by atomic mass is 9.78. The third-order valence-electron chi connectivity index (χ3n) is 9.39. The zero-order valence-corrected chi connectivity index (χ0v) is 30.7. The zero-order valence-electron chi connectivity index (χ0n) is 27.8. The summed E-state index contributed by atoms with van der Waals surface area (Å²) in [5.74, 6) is -0.366. The fraction of sp³-hybridized carbons (Fsp3) is 0.457. The van der Waals surface area contributed by atoms with Crippen LogP contribution in [0.3, 0.4) is 0 Å². The van der Waals surface area contributed by atoms with Gasteiger partial charge in [0.05, 0.1) is 5.52 Å². The molecule has 0 saturated heterocycles. The third-order valence-corrected chi connectivity index (χ3v) is 10.5. The molecule has 11 nitrogen and oxygen atoms in total. The predicted molar refractivity (Wildman–Crippen MR) is 191 cm³/mol. The molecule has 2 heterocycles. The maximum atomic E-state index is 14.6. The molecule has 0 fully saturated rings. The Hall–Kier alpha value is -3.65. The molecule has 0 bridgehead atoms. The normalized spacial score (nSPS) is 18.3. The average molecular weight is 789 g/mol. The fourth-order valence-electron chi connectivity index (χ4n) is 6.14. The van der Waals surface area contributed by atoms with Crippen LogP contribution in [-0.2, 0) is 33.8 Å². The Morgan fingerprint density at radius 3 is 2.50 bits per heavy atom. The number of carbonyl (C=O) groups is 3. The van der Waals surface area contributed by atoms with Crippen LogP contribution < -0.4 is 16.0 Å². The van der Waals surface area contributed by atoms with Gasteiger partial charge >= 0.3 is 6.09 Å². The lowest BCUT2D eigenvalue weighted by molar-refractivity contribution is -0.136. The molecule has 0 aliphatic heterocycles. The zero-order chi connectivity index (χ0) is 34.6. The van der Waals surface area contributed by atoms with E-state index in [0.717, 1.165) is 37.7 Å². The van der Waals surface area contributed by atoms with Gasteiger partial charge in [0.25, 0.3) is 0 Å². The molecule has 4 N–H and O–H groups in total. The van der Waals surface area contributed by atoms with Crippen LogP contribution >= 0.6 is 34.2 Å². The standard InChI is InChI=1S/C35H42ClIN6O5/c1-6-19(3)28(41-34(46)47-18-22-11-9-8-10-12-22)31(44)42-35(33(45)40-29(20(4)7-2)32-38-21(5)43-48-32)14-13-27-25(17-35)24-15-23(36)16-26(37)30(24)39-27/h8-12,15-16,19-20,28-29,39H,6-7,13-14,17-18H2,1-5H3,(H,40,45)(H,41,46)(H,42,44)/t19?,20?,28-,29-,35-/m0/s1. The van der Waals surface area contributed by atoms with E-state index in [9.17, 15) is 14.4 Å². The van der Waals surface area contributed by atoms with E-state index in [1.165, 1.54) is 0 Å². The van der Waals surface area contributed by atoms with Gasteiger partial charge in [-0.3, -0.25) is 9.59 Å². The maximum absolute atomic E-state index is 14.6. The number of halogens is 2. The van der Waals surface area contributed by atoms with Crippen LogP contribution in [0.15, 0.2) is 47.0 Å². The summed E-state index contributed by atoms with van der Waals surface area (Å²) in [5, 5.41) is 14.5. The number of rotatable bonds is 12. The van der Waals surface area contributed by atoms with Crippen LogP contribution in [0.2, 0.25) is 5.02 Å². The molecule has 5 rings (SSSR count). The Labute approximate surface area is 298 Å². The van der Waals surface area contributed by atoms with E-state index in [1.807, 2.05) is 70.2 Å². The van der Waals surface area contributed by atoms with Gasteiger partial charge in [0.1, 0.15) is 24.2 Å². The summed E-state index contributed by atoms with van der Waals surface area (Å²) >= 11 is 8.74. The molecule has 1 aliphatic carbocycles. The highest BCUT2D eigenvalue weighted by atomic mass is 127. The number of hydrogen-bond acceptors (Lipinski definition) is 7. The largest absolute Gasteiger partial charge is 0.445 e. The Morgan fingerprint density at radius 1 is 1.10 bits per heavy atom. The van der Waals surface area contributed by atoms with Gasteiger partial charge in [-0.15, -0.1) is 0 Å². The molecule has 0 spiro atoms. The van der Waals surface area contributed by atoms with E-state index < -0.39 is 29.6 Å². The van der Waals surface area contributed by atoms with Crippen molar-refractivity contribution >= 4 is 63.0 Å². The van der Waals surface area contributed by atoms with Crippen LogP contribution in [0.25, 0.3) is 10.9 Å². The van der Waals surface area contributed by atoms with Gasteiger partial charge in [0.15, 0.2) is 5.82 Å². The van der Waals surface area contributed by atoms with E-state index in [1.54, 1.807) is 6.92 Å². The minimum Gasteiger partial charge on any atom is -0.445 e. The minimum absolute atomic E-state index is 0.0388. The summed E-state index contributed by atoms with van der Waals surface area (Å²) in [5.41, 5.74) is 2.30. The van der Waals surface area contributed by atoms with Crippen LogP contribution in [0.1, 0.15) is 81.5 Å². The highest BCUT2D eigenvalue weighted by molar-refractivity contribution is 14.1. The molecule has 256 valence electrons. The molecule has 0 saturated carbocycles. The van der Waals surface area contributed by atoms with Gasteiger partial charge in [0.2, 0.25) is 17.7 Å². The van der Waals surface area contributed by atoms with Gasteiger partial charge in [0, 0.05) is 26.1 Å².